The Bertz CT molecular complexity index is 840. The fourth-order valence-corrected chi connectivity index (χ4v) is 4.71. The minimum Gasteiger partial charge on any atom is -0.455 e. The number of rotatable bonds is 8. The smallest absolute Gasteiger partial charge is 0.309 e. The Kier molecular flexibility index (Phi) is 7.98. The van der Waals surface area contributed by atoms with Gasteiger partial charge in [-0.15, -0.1) is 0 Å². The van der Waals surface area contributed by atoms with E-state index >= 15 is 0 Å². The van der Waals surface area contributed by atoms with Gasteiger partial charge in [0.1, 0.15) is 0 Å². The molecule has 0 radical (unpaired) electrons. The summed E-state index contributed by atoms with van der Waals surface area (Å²) in [4.78, 5) is 26.3. The molecule has 1 aliphatic heterocycles. The number of esters is 1. The lowest BCUT2D eigenvalue weighted by Gasteiger charge is -2.30. The molecule has 1 heterocycles. The molecule has 1 amide bonds. The SMILES string of the molecule is C=C(C)CN(CC)C(=O)COC(=O)C1CCN(S(=O)(=O)c2ccc(C)cc2)CC1. The van der Waals surface area contributed by atoms with Crippen LogP contribution in [0.15, 0.2) is 41.3 Å². The maximum atomic E-state index is 12.7. The van der Waals surface area contributed by atoms with Crippen molar-refractivity contribution < 1.29 is 22.7 Å². The Morgan fingerprint density at radius 3 is 2.31 bits per heavy atom. The lowest BCUT2D eigenvalue weighted by atomic mass is 9.98. The van der Waals surface area contributed by atoms with Gasteiger partial charge in [0.05, 0.1) is 10.8 Å². The van der Waals surface area contributed by atoms with Crippen molar-refractivity contribution in [3.63, 3.8) is 0 Å². The zero-order chi connectivity index (χ0) is 21.6. The summed E-state index contributed by atoms with van der Waals surface area (Å²) in [6.45, 7) is 10.5. The van der Waals surface area contributed by atoms with Gasteiger partial charge in [-0.25, -0.2) is 8.42 Å². The third kappa shape index (κ3) is 6.14. The van der Waals surface area contributed by atoms with Gasteiger partial charge in [0.25, 0.3) is 5.91 Å². The highest BCUT2D eigenvalue weighted by Crippen LogP contribution is 2.24. The zero-order valence-electron chi connectivity index (χ0n) is 17.4. The van der Waals surface area contributed by atoms with Crippen molar-refractivity contribution >= 4 is 21.9 Å². The van der Waals surface area contributed by atoms with E-state index in [2.05, 4.69) is 6.58 Å². The first-order valence-electron chi connectivity index (χ1n) is 9.80. The highest BCUT2D eigenvalue weighted by Gasteiger charge is 2.33. The van der Waals surface area contributed by atoms with Gasteiger partial charge in [-0.05, 0) is 45.7 Å². The number of aryl methyl sites for hydroxylation is 1. The second-order valence-electron chi connectivity index (χ2n) is 7.46. The molecule has 7 nitrogen and oxygen atoms in total. The van der Waals surface area contributed by atoms with Gasteiger partial charge in [0, 0.05) is 26.2 Å². The molecule has 0 aromatic heterocycles. The summed E-state index contributed by atoms with van der Waals surface area (Å²) in [5.41, 5.74) is 1.85. The molecule has 0 unspecified atom stereocenters. The first-order valence-corrected chi connectivity index (χ1v) is 11.2. The summed E-state index contributed by atoms with van der Waals surface area (Å²) in [5, 5.41) is 0. The van der Waals surface area contributed by atoms with E-state index in [1.54, 1.807) is 29.2 Å². The molecule has 0 N–H and O–H groups in total. The molecule has 160 valence electrons. The average molecular weight is 423 g/mol. The Morgan fingerprint density at radius 1 is 1.21 bits per heavy atom. The van der Waals surface area contributed by atoms with Crippen LogP contribution in [0, 0.1) is 12.8 Å². The van der Waals surface area contributed by atoms with Crippen LogP contribution < -0.4 is 0 Å². The molecule has 0 aliphatic carbocycles. The van der Waals surface area contributed by atoms with Gasteiger partial charge in [-0.2, -0.15) is 4.31 Å². The monoisotopic (exact) mass is 422 g/mol. The van der Waals surface area contributed by atoms with Crippen molar-refractivity contribution in [2.24, 2.45) is 5.92 Å². The third-order valence-corrected chi connectivity index (χ3v) is 6.89. The van der Waals surface area contributed by atoms with Crippen LogP contribution in [0.1, 0.15) is 32.3 Å². The fraction of sp³-hybridized carbons (Fsp3) is 0.524. The zero-order valence-corrected chi connectivity index (χ0v) is 18.2. The molecule has 1 saturated heterocycles. The minimum absolute atomic E-state index is 0.251. The van der Waals surface area contributed by atoms with Crippen LogP contribution in [0.25, 0.3) is 0 Å². The van der Waals surface area contributed by atoms with Gasteiger partial charge >= 0.3 is 5.97 Å². The van der Waals surface area contributed by atoms with Crippen LogP contribution in [0.5, 0.6) is 0 Å². The Hall–Kier alpha value is -2.19. The summed E-state index contributed by atoms with van der Waals surface area (Å²) in [6.07, 6.45) is 0.753. The van der Waals surface area contributed by atoms with Crippen LogP contribution in [-0.2, 0) is 24.3 Å². The highest BCUT2D eigenvalue weighted by molar-refractivity contribution is 7.89. The molecule has 8 heteroatoms. The summed E-state index contributed by atoms with van der Waals surface area (Å²) >= 11 is 0. The fourth-order valence-electron chi connectivity index (χ4n) is 3.24. The second-order valence-corrected chi connectivity index (χ2v) is 9.40. The number of carbonyl (C=O) groups excluding carboxylic acids is 2. The number of nitrogens with zero attached hydrogens (tertiary/aromatic N) is 2. The molecule has 0 atom stereocenters. The summed E-state index contributed by atoms with van der Waals surface area (Å²) < 4.78 is 32.1. The van der Waals surface area contributed by atoms with Gasteiger partial charge in [-0.1, -0.05) is 29.8 Å². The average Bonchev–Trinajstić information content (AvgIpc) is 2.70. The molecule has 0 saturated carbocycles. The van der Waals surface area contributed by atoms with Crippen LogP contribution in [-0.4, -0.2) is 62.3 Å². The van der Waals surface area contributed by atoms with Crippen molar-refractivity contribution in [3.05, 3.63) is 42.0 Å². The Labute approximate surface area is 173 Å². The normalized spacial score (nSPS) is 15.7. The van der Waals surface area contributed by atoms with E-state index in [9.17, 15) is 18.0 Å². The molecule has 0 bridgehead atoms. The van der Waals surface area contributed by atoms with E-state index < -0.39 is 21.9 Å². The maximum absolute atomic E-state index is 12.7. The molecular formula is C21H30N2O5S. The van der Waals surface area contributed by atoms with Gasteiger partial charge in [0.15, 0.2) is 6.61 Å². The van der Waals surface area contributed by atoms with E-state index in [1.165, 1.54) is 4.31 Å². The number of carbonyl (C=O) groups is 2. The number of hydrogen-bond acceptors (Lipinski definition) is 5. The van der Waals surface area contributed by atoms with Crippen molar-refractivity contribution in [3.8, 4) is 0 Å². The van der Waals surface area contributed by atoms with Crippen molar-refractivity contribution in [1.82, 2.24) is 9.21 Å². The predicted octanol–water partition coefficient (Wildman–Crippen LogP) is 2.36. The summed E-state index contributed by atoms with van der Waals surface area (Å²) in [7, 11) is -3.57. The largest absolute Gasteiger partial charge is 0.455 e. The van der Waals surface area contributed by atoms with Gasteiger partial charge < -0.3 is 9.64 Å². The summed E-state index contributed by atoms with van der Waals surface area (Å²) in [6, 6.07) is 6.73. The van der Waals surface area contributed by atoms with Crippen LogP contribution in [0.4, 0.5) is 0 Å². The number of likely N-dealkylation sites (N-methyl/N-ethyl adjacent to an activating group) is 1. The quantitative estimate of drug-likeness (QED) is 0.474. The van der Waals surface area contributed by atoms with E-state index in [4.69, 9.17) is 4.74 Å². The number of benzene rings is 1. The van der Waals surface area contributed by atoms with Crippen LogP contribution in [0.3, 0.4) is 0 Å². The molecule has 0 spiro atoms. The van der Waals surface area contributed by atoms with E-state index in [1.807, 2.05) is 20.8 Å². The van der Waals surface area contributed by atoms with Gasteiger partial charge in [0.2, 0.25) is 10.0 Å². The third-order valence-electron chi connectivity index (χ3n) is 4.98. The van der Waals surface area contributed by atoms with Gasteiger partial charge in [-0.3, -0.25) is 9.59 Å². The number of hydrogen-bond donors (Lipinski definition) is 0. The van der Waals surface area contributed by atoms with Crippen molar-refractivity contribution in [1.29, 1.82) is 0 Å². The van der Waals surface area contributed by atoms with E-state index in [0.29, 0.717) is 25.9 Å². The second kappa shape index (κ2) is 10.0. The van der Waals surface area contributed by atoms with Crippen LogP contribution >= 0.6 is 0 Å². The lowest BCUT2D eigenvalue weighted by molar-refractivity contribution is -0.156. The molecule has 2 rings (SSSR count). The maximum Gasteiger partial charge on any atom is 0.309 e. The Balaban J connectivity index is 1.87. The van der Waals surface area contributed by atoms with Crippen molar-refractivity contribution in [2.75, 3.05) is 32.8 Å². The number of amides is 1. The molecule has 1 fully saturated rings. The Morgan fingerprint density at radius 2 is 1.79 bits per heavy atom. The topological polar surface area (TPSA) is 84.0 Å². The number of piperidine rings is 1. The summed E-state index contributed by atoms with van der Waals surface area (Å²) in [5.74, 6) is -1.11. The van der Waals surface area contributed by atoms with Crippen molar-refractivity contribution in [2.45, 2.75) is 38.5 Å². The molecule has 29 heavy (non-hydrogen) atoms. The molecular weight excluding hydrogens is 392 g/mol. The van der Waals surface area contributed by atoms with E-state index in [-0.39, 0.29) is 30.5 Å². The van der Waals surface area contributed by atoms with E-state index in [0.717, 1.165) is 11.1 Å². The lowest BCUT2D eigenvalue weighted by Crippen LogP contribution is -2.41. The number of ether oxygens (including phenoxy) is 1. The molecule has 1 aliphatic rings. The predicted molar refractivity (Wildman–Crippen MR) is 111 cm³/mol. The minimum atomic E-state index is -3.57. The number of sulfonamides is 1. The molecule has 1 aromatic carbocycles. The van der Waals surface area contributed by atoms with Crippen LogP contribution in [0.2, 0.25) is 0 Å². The first kappa shape index (κ1) is 23.1. The highest BCUT2D eigenvalue weighted by atomic mass is 32.2. The molecule has 1 aromatic rings. The standard InChI is InChI=1S/C21H30N2O5S/c1-5-22(14-16(2)3)20(24)15-28-21(25)18-10-12-23(13-11-18)29(26,27)19-8-6-17(4)7-9-19/h6-9,18H,2,5,10-15H2,1,3-4H3. The first-order chi connectivity index (χ1) is 13.6.